The van der Waals surface area contributed by atoms with Crippen LogP contribution < -0.4 is 0 Å². The summed E-state index contributed by atoms with van der Waals surface area (Å²) in [5.41, 5.74) is 0. The van der Waals surface area contributed by atoms with Crippen molar-refractivity contribution in [1.82, 2.24) is 29.5 Å². The molecule has 2 aromatic rings. The molecule has 0 bridgehead atoms. The second-order valence-electron chi connectivity index (χ2n) is 6.16. The summed E-state index contributed by atoms with van der Waals surface area (Å²) in [5.74, 6) is 2.01. The summed E-state index contributed by atoms with van der Waals surface area (Å²) in [7, 11) is 4.22. The van der Waals surface area contributed by atoms with Gasteiger partial charge in [0.15, 0.2) is 0 Å². The van der Waals surface area contributed by atoms with Gasteiger partial charge in [0.25, 0.3) is 0 Å². The van der Waals surface area contributed by atoms with E-state index in [0.717, 1.165) is 42.8 Å². The molecular formula is C15H24N6S. The molecule has 0 unspecified atom stereocenters. The van der Waals surface area contributed by atoms with Crippen molar-refractivity contribution in [3.8, 4) is 0 Å². The molecule has 2 aromatic heterocycles. The van der Waals surface area contributed by atoms with Gasteiger partial charge in [0.2, 0.25) is 0 Å². The fourth-order valence-corrected chi connectivity index (χ4v) is 3.79. The first kappa shape index (κ1) is 15.6. The van der Waals surface area contributed by atoms with E-state index in [1.165, 1.54) is 11.3 Å². The van der Waals surface area contributed by atoms with E-state index in [0.29, 0.717) is 6.04 Å². The van der Waals surface area contributed by atoms with Crippen molar-refractivity contribution >= 4 is 11.3 Å². The second kappa shape index (κ2) is 6.44. The van der Waals surface area contributed by atoms with E-state index >= 15 is 0 Å². The fraction of sp³-hybridized carbons (Fsp3) is 0.667. The molecule has 0 radical (unpaired) electrons. The van der Waals surface area contributed by atoms with E-state index in [2.05, 4.69) is 43.5 Å². The first-order valence-electron chi connectivity index (χ1n) is 7.71. The van der Waals surface area contributed by atoms with E-state index < -0.39 is 0 Å². The standard InChI is InChI=1S/C15H24N6S/c1-11-17-18-15(20(11)4)10-19(3)13-5-6-21(8-13)9-14-7-16-12(2)22-14/h7,13H,5-6,8-10H2,1-4H3/t13-/m0/s1. The molecule has 22 heavy (non-hydrogen) atoms. The molecule has 1 aliphatic heterocycles. The summed E-state index contributed by atoms with van der Waals surface area (Å²) in [6, 6.07) is 0.589. The Morgan fingerprint density at radius 2 is 2.18 bits per heavy atom. The van der Waals surface area contributed by atoms with Crippen molar-refractivity contribution in [3.63, 3.8) is 0 Å². The fourth-order valence-electron chi connectivity index (χ4n) is 2.96. The van der Waals surface area contributed by atoms with Crippen molar-refractivity contribution in [2.45, 2.75) is 39.4 Å². The van der Waals surface area contributed by atoms with Crippen molar-refractivity contribution in [1.29, 1.82) is 0 Å². The molecule has 1 fully saturated rings. The van der Waals surface area contributed by atoms with Crippen LogP contribution in [0.1, 0.15) is 28.0 Å². The Kier molecular flexibility index (Phi) is 4.56. The Morgan fingerprint density at radius 1 is 1.36 bits per heavy atom. The quantitative estimate of drug-likeness (QED) is 0.837. The lowest BCUT2D eigenvalue weighted by Gasteiger charge is -2.24. The van der Waals surface area contributed by atoms with Gasteiger partial charge in [-0.15, -0.1) is 21.5 Å². The van der Waals surface area contributed by atoms with Crippen LogP contribution in [0.25, 0.3) is 0 Å². The maximum Gasteiger partial charge on any atom is 0.146 e. The zero-order valence-electron chi connectivity index (χ0n) is 13.8. The first-order valence-corrected chi connectivity index (χ1v) is 8.53. The van der Waals surface area contributed by atoms with Crippen molar-refractivity contribution in [2.75, 3.05) is 20.1 Å². The van der Waals surface area contributed by atoms with Gasteiger partial charge < -0.3 is 4.57 Å². The van der Waals surface area contributed by atoms with Gasteiger partial charge in [0.05, 0.1) is 11.6 Å². The van der Waals surface area contributed by atoms with E-state index in [1.807, 2.05) is 20.2 Å². The van der Waals surface area contributed by atoms with Crippen LogP contribution in [-0.4, -0.2) is 55.7 Å². The highest BCUT2D eigenvalue weighted by Gasteiger charge is 2.26. The van der Waals surface area contributed by atoms with Crippen LogP contribution in [0.3, 0.4) is 0 Å². The third-order valence-corrected chi connectivity index (χ3v) is 5.39. The van der Waals surface area contributed by atoms with Crippen molar-refractivity contribution in [3.05, 3.63) is 27.7 Å². The van der Waals surface area contributed by atoms with E-state index in [-0.39, 0.29) is 0 Å². The Morgan fingerprint density at radius 3 is 2.82 bits per heavy atom. The Hall–Kier alpha value is -1.31. The minimum Gasteiger partial charge on any atom is -0.317 e. The lowest BCUT2D eigenvalue weighted by atomic mass is 10.2. The third-order valence-electron chi connectivity index (χ3n) is 4.49. The number of aromatic nitrogens is 4. The first-order chi connectivity index (χ1) is 10.5. The molecule has 0 saturated carbocycles. The zero-order chi connectivity index (χ0) is 15.7. The number of hydrogen-bond donors (Lipinski definition) is 0. The van der Waals surface area contributed by atoms with E-state index in [9.17, 15) is 0 Å². The molecule has 0 aromatic carbocycles. The minimum absolute atomic E-state index is 0.589. The molecule has 0 amide bonds. The predicted octanol–water partition coefficient (Wildman–Crippen LogP) is 1.59. The Balaban J connectivity index is 1.54. The van der Waals surface area contributed by atoms with Crippen LogP contribution in [0.2, 0.25) is 0 Å². The van der Waals surface area contributed by atoms with Gasteiger partial charge in [-0.1, -0.05) is 0 Å². The maximum absolute atomic E-state index is 4.34. The number of likely N-dealkylation sites (tertiary alicyclic amines) is 1. The number of likely N-dealkylation sites (N-methyl/N-ethyl adjacent to an activating group) is 1. The molecule has 0 aliphatic carbocycles. The minimum atomic E-state index is 0.589. The summed E-state index contributed by atoms with van der Waals surface area (Å²) in [6.07, 6.45) is 3.23. The number of thiazole rings is 1. The molecule has 1 saturated heterocycles. The van der Waals surface area contributed by atoms with Crippen LogP contribution in [0.15, 0.2) is 6.20 Å². The van der Waals surface area contributed by atoms with Crippen LogP contribution in [0, 0.1) is 13.8 Å². The number of rotatable bonds is 5. The average Bonchev–Trinajstić information content (AvgIpc) is 3.17. The molecule has 120 valence electrons. The summed E-state index contributed by atoms with van der Waals surface area (Å²) in [5, 5.41) is 9.56. The number of aryl methyl sites for hydroxylation is 2. The van der Waals surface area contributed by atoms with Crippen LogP contribution in [-0.2, 0) is 20.1 Å². The molecule has 0 N–H and O–H groups in total. The van der Waals surface area contributed by atoms with Gasteiger partial charge in [-0.05, 0) is 27.3 Å². The smallest absolute Gasteiger partial charge is 0.146 e. The lowest BCUT2D eigenvalue weighted by molar-refractivity contribution is 0.217. The average molecular weight is 320 g/mol. The molecular weight excluding hydrogens is 296 g/mol. The maximum atomic E-state index is 4.34. The van der Waals surface area contributed by atoms with Gasteiger partial charge in [0.1, 0.15) is 11.6 Å². The zero-order valence-corrected chi connectivity index (χ0v) is 14.6. The molecule has 3 rings (SSSR count). The van der Waals surface area contributed by atoms with Gasteiger partial charge in [-0.2, -0.15) is 0 Å². The number of hydrogen-bond acceptors (Lipinski definition) is 6. The number of nitrogens with zero attached hydrogens (tertiary/aromatic N) is 6. The topological polar surface area (TPSA) is 50.1 Å². The van der Waals surface area contributed by atoms with Gasteiger partial charge >= 0.3 is 0 Å². The summed E-state index contributed by atoms with van der Waals surface area (Å²) in [6.45, 7) is 8.21. The highest BCUT2D eigenvalue weighted by molar-refractivity contribution is 7.11. The largest absolute Gasteiger partial charge is 0.317 e. The normalized spacial score (nSPS) is 19.4. The summed E-state index contributed by atoms with van der Waals surface area (Å²) >= 11 is 1.80. The summed E-state index contributed by atoms with van der Waals surface area (Å²) < 4.78 is 2.07. The molecule has 7 heteroatoms. The monoisotopic (exact) mass is 320 g/mol. The van der Waals surface area contributed by atoms with Gasteiger partial charge in [-0.3, -0.25) is 9.80 Å². The predicted molar refractivity (Wildman–Crippen MR) is 87.7 cm³/mol. The van der Waals surface area contributed by atoms with Crippen LogP contribution >= 0.6 is 11.3 Å². The third kappa shape index (κ3) is 3.37. The van der Waals surface area contributed by atoms with Crippen molar-refractivity contribution in [2.24, 2.45) is 7.05 Å². The van der Waals surface area contributed by atoms with Crippen LogP contribution in [0.5, 0.6) is 0 Å². The second-order valence-corrected chi connectivity index (χ2v) is 7.48. The SMILES string of the molecule is Cc1ncc(CN2CC[C@H](N(C)Cc3nnc(C)n3C)C2)s1. The molecule has 3 heterocycles. The Labute approximate surface area is 135 Å². The lowest BCUT2D eigenvalue weighted by Crippen LogP contribution is -2.34. The molecule has 6 nitrogen and oxygen atoms in total. The van der Waals surface area contributed by atoms with Gasteiger partial charge in [-0.25, -0.2) is 4.98 Å². The Bertz CT molecular complexity index is 634. The van der Waals surface area contributed by atoms with Crippen molar-refractivity contribution < 1.29 is 0 Å². The highest BCUT2D eigenvalue weighted by Crippen LogP contribution is 2.21. The summed E-state index contributed by atoms with van der Waals surface area (Å²) in [4.78, 5) is 10.6. The molecule has 0 spiro atoms. The van der Waals surface area contributed by atoms with E-state index in [1.54, 1.807) is 11.3 Å². The van der Waals surface area contributed by atoms with Gasteiger partial charge in [0, 0.05) is 43.8 Å². The molecule has 1 aliphatic rings. The molecule has 1 atom stereocenters. The van der Waals surface area contributed by atoms with E-state index in [4.69, 9.17) is 0 Å². The van der Waals surface area contributed by atoms with Crippen LogP contribution in [0.4, 0.5) is 0 Å². The highest BCUT2D eigenvalue weighted by atomic mass is 32.1.